The van der Waals surface area contributed by atoms with Crippen molar-refractivity contribution in [2.45, 2.75) is 25.9 Å². The van der Waals surface area contributed by atoms with Gasteiger partial charge in [0.2, 0.25) is 0 Å². The summed E-state index contributed by atoms with van der Waals surface area (Å²) in [7, 11) is 0. The molecule has 2 N–H and O–H groups in total. The molecule has 1 unspecified atom stereocenters. The second-order valence-corrected chi connectivity index (χ2v) is 6.11. The van der Waals surface area contributed by atoms with Crippen molar-refractivity contribution in [1.82, 2.24) is 15.1 Å². The molecule has 0 saturated carbocycles. The SMILES string of the molecule is CCC1CN(c2ccc(C(N)=O)nn2)CCN1Cc1ccccc1. The van der Waals surface area contributed by atoms with Crippen LogP contribution in [0.4, 0.5) is 5.82 Å². The summed E-state index contributed by atoms with van der Waals surface area (Å²) in [6.45, 7) is 5.97. The number of nitrogens with two attached hydrogens (primary N) is 1. The number of rotatable bonds is 5. The highest BCUT2D eigenvalue weighted by Crippen LogP contribution is 2.20. The minimum atomic E-state index is -0.548. The molecule has 0 radical (unpaired) electrons. The van der Waals surface area contributed by atoms with Crippen LogP contribution in [0.1, 0.15) is 29.4 Å². The standard InChI is InChI=1S/C18H23N5O/c1-2-15-13-23(17-9-8-16(18(19)24)20-21-17)11-10-22(15)12-14-6-4-3-5-7-14/h3-9,15H,2,10-13H2,1H3,(H2,19,24). The molecule has 6 heteroatoms. The highest BCUT2D eigenvalue weighted by atomic mass is 16.1. The molecule has 1 aromatic heterocycles. The van der Waals surface area contributed by atoms with E-state index in [4.69, 9.17) is 5.73 Å². The van der Waals surface area contributed by atoms with E-state index in [2.05, 4.69) is 51.2 Å². The smallest absolute Gasteiger partial charge is 0.269 e. The molecule has 2 aromatic rings. The van der Waals surface area contributed by atoms with Gasteiger partial charge >= 0.3 is 0 Å². The number of amides is 1. The summed E-state index contributed by atoms with van der Waals surface area (Å²) in [4.78, 5) is 15.9. The first kappa shape index (κ1) is 16.4. The first-order valence-electron chi connectivity index (χ1n) is 8.34. The van der Waals surface area contributed by atoms with Crippen molar-refractivity contribution in [3.63, 3.8) is 0 Å². The Balaban J connectivity index is 1.67. The van der Waals surface area contributed by atoms with Crippen molar-refractivity contribution in [1.29, 1.82) is 0 Å². The molecule has 24 heavy (non-hydrogen) atoms. The molecule has 2 heterocycles. The summed E-state index contributed by atoms with van der Waals surface area (Å²) in [6.07, 6.45) is 1.08. The minimum absolute atomic E-state index is 0.202. The summed E-state index contributed by atoms with van der Waals surface area (Å²) >= 11 is 0. The van der Waals surface area contributed by atoms with E-state index in [9.17, 15) is 4.79 Å². The number of aromatic nitrogens is 2. The first-order valence-corrected chi connectivity index (χ1v) is 8.34. The maximum Gasteiger partial charge on any atom is 0.269 e. The highest BCUT2D eigenvalue weighted by Gasteiger charge is 2.26. The topological polar surface area (TPSA) is 75.3 Å². The van der Waals surface area contributed by atoms with Crippen LogP contribution in [0.2, 0.25) is 0 Å². The van der Waals surface area contributed by atoms with E-state index in [1.165, 1.54) is 5.56 Å². The van der Waals surface area contributed by atoms with Crippen LogP contribution in [0.3, 0.4) is 0 Å². The van der Waals surface area contributed by atoms with Gasteiger partial charge in [-0.3, -0.25) is 9.69 Å². The molecular formula is C18H23N5O. The largest absolute Gasteiger partial charge is 0.364 e. The Morgan fingerprint density at radius 2 is 1.96 bits per heavy atom. The third kappa shape index (κ3) is 3.71. The monoisotopic (exact) mass is 325 g/mol. The minimum Gasteiger partial charge on any atom is -0.364 e. The van der Waals surface area contributed by atoms with Crippen LogP contribution in [-0.2, 0) is 6.54 Å². The predicted molar refractivity (Wildman–Crippen MR) is 93.7 cm³/mol. The molecule has 1 amide bonds. The number of hydrogen-bond donors (Lipinski definition) is 1. The lowest BCUT2D eigenvalue weighted by Gasteiger charge is -2.41. The van der Waals surface area contributed by atoms with Gasteiger partial charge in [0.15, 0.2) is 11.5 Å². The molecule has 6 nitrogen and oxygen atoms in total. The molecule has 1 saturated heterocycles. The summed E-state index contributed by atoms with van der Waals surface area (Å²) in [6, 6.07) is 14.5. The quantitative estimate of drug-likeness (QED) is 0.905. The predicted octanol–water partition coefficient (Wildman–Crippen LogP) is 1.68. The second-order valence-electron chi connectivity index (χ2n) is 6.11. The summed E-state index contributed by atoms with van der Waals surface area (Å²) in [5, 5.41) is 8.07. The van der Waals surface area contributed by atoms with Crippen molar-refractivity contribution >= 4 is 11.7 Å². The third-order valence-corrected chi connectivity index (χ3v) is 4.53. The maximum absolute atomic E-state index is 11.1. The van der Waals surface area contributed by atoms with Crippen LogP contribution in [0.5, 0.6) is 0 Å². The fraction of sp³-hybridized carbons (Fsp3) is 0.389. The number of hydrogen-bond acceptors (Lipinski definition) is 5. The van der Waals surface area contributed by atoms with Gasteiger partial charge in [-0.25, -0.2) is 0 Å². The maximum atomic E-state index is 11.1. The zero-order valence-electron chi connectivity index (χ0n) is 13.9. The molecular weight excluding hydrogens is 302 g/mol. The molecule has 1 fully saturated rings. The summed E-state index contributed by atoms with van der Waals surface area (Å²) in [5.41, 5.74) is 6.76. The van der Waals surface area contributed by atoms with Gasteiger partial charge in [-0.05, 0) is 24.1 Å². The van der Waals surface area contributed by atoms with Crippen molar-refractivity contribution in [3.05, 3.63) is 53.7 Å². The Morgan fingerprint density at radius 3 is 2.58 bits per heavy atom. The van der Waals surface area contributed by atoms with Crippen molar-refractivity contribution in [2.24, 2.45) is 5.73 Å². The number of anilines is 1. The number of carbonyl (C=O) groups excluding carboxylic acids is 1. The van der Waals surface area contributed by atoms with Crippen molar-refractivity contribution in [3.8, 4) is 0 Å². The van der Waals surface area contributed by atoms with Crippen LogP contribution in [-0.4, -0.2) is 46.7 Å². The van der Waals surface area contributed by atoms with E-state index in [1.54, 1.807) is 6.07 Å². The van der Waals surface area contributed by atoms with Gasteiger partial charge in [-0.15, -0.1) is 10.2 Å². The van der Waals surface area contributed by atoms with Crippen molar-refractivity contribution in [2.75, 3.05) is 24.5 Å². The van der Waals surface area contributed by atoms with Gasteiger partial charge in [-0.2, -0.15) is 0 Å². The lowest BCUT2D eigenvalue weighted by molar-refractivity contribution is 0.0994. The lowest BCUT2D eigenvalue weighted by Crippen LogP contribution is -2.52. The number of nitrogens with zero attached hydrogens (tertiary/aromatic N) is 4. The van der Waals surface area contributed by atoms with E-state index >= 15 is 0 Å². The Kier molecular flexibility index (Phi) is 5.05. The molecule has 1 aliphatic rings. The molecule has 0 spiro atoms. The van der Waals surface area contributed by atoms with Gasteiger partial charge in [0.25, 0.3) is 5.91 Å². The van der Waals surface area contributed by atoms with Gasteiger partial charge in [0, 0.05) is 32.2 Å². The molecule has 0 bridgehead atoms. The normalized spacial score (nSPS) is 18.5. The van der Waals surface area contributed by atoms with Gasteiger partial charge in [0.1, 0.15) is 0 Å². The molecule has 1 aromatic carbocycles. The Morgan fingerprint density at radius 1 is 1.17 bits per heavy atom. The number of piperazine rings is 1. The van der Waals surface area contributed by atoms with E-state index in [-0.39, 0.29) is 5.69 Å². The fourth-order valence-electron chi connectivity index (χ4n) is 3.14. The zero-order valence-corrected chi connectivity index (χ0v) is 13.9. The number of primary amides is 1. The molecule has 0 aliphatic carbocycles. The Labute approximate surface area is 142 Å². The number of benzene rings is 1. The van der Waals surface area contributed by atoms with Crippen LogP contribution in [0, 0.1) is 0 Å². The third-order valence-electron chi connectivity index (χ3n) is 4.53. The molecule has 1 atom stereocenters. The van der Waals surface area contributed by atoms with Crippen LogP contribution < -0.4 is 10.6 Å². The summed E-state index contributed by atoms with van der Waals surface area (Å²) < 4.78 is 0. The average Bonchev–Trinajstić information content (AvgIpc) is 2.63. The average molecular weight is 325 g/mol. The van der Waals surface area contributed by atoms with E-state index < -0.39 is 5.91 Å². The second kappa shape index (κ2) is 7.40. The van der Waals surface area contributed by atoms with Crippen LogP contribution in [0.15, 0.2) is 42.5 Å². The van der Waals surface area contributed by atoms with Crippen LogP contribution in [0.25, 0.3) is 0 Å². The number of carbonyl (C=O) groups is 1. The Bertz CT molecular complexity index is 674. The van der Waals surface area contributed by atoms with E-state index in [0.717, 1.165) is 38.4 Å². The highest BCUT2D eigenvalue weighted by molar-refractivity contribution is 5.90. The van der Waals surface area contributed by atoms with Gasteiger partial charge < -0.3 is 10.6 Å². The fourth-order valence-corrected chi connectivity index (χ4v) is 3.14. The van der Waals surface area contributed by atoms with E-state index in [1.807, 2.05) is 12.1 Å². The van der Waals surface area contributed by atoms with Gasteiger partial charge in [-0.1, -0.05) is 37.3 Å². The Hall–Kier alpha value is -2.47. The molecule has 126 valence electrons. The zero-order chi connectivity index (χ0) is 16.9. The summed E-state index contributed by atoms with van der Waals surface area (Å²) in [5.74, 6) is 0.256. The van der Waals surface area contributed by atoms with Crippen molar-refractivity contribution < 1.29 is 4.79 Å². The first-order chi connectivity index (χ1) is 11.7. The van der Waals surface area contributed by atoms with Crippen LogP contribution >= 0.6 is 0 Å². The lowest BCUT2D eigenvalue weighted by atomic mass is 10.1. The van der Waals surface area contributed by atoms with E-state index in [0.29, 0.717) is 6.04 Å². The molecule has 1 aliphatic heterocycles. The molecule has 3 rings (SSSR count). The van der Waals surface area contributed by atoms with Gasteiger partial charge in [0.05, 0.1) is 0 Å².